The lowest BCUT2D eigenvalue weighted by molar-refractivity contribution is -0.117. The van der Waals surface area contributed by atoms with Gasteiger partial charge in [0.15, 0.2) is 11.5 Å². The molecule has 5 rings (SSSR count). The molecule has 8 nitrogen and oxygen atoms in total. The summed E-state index contributed by atoms with van der Waals surface area (Å²) in [7, 11) is 3.20. The zero-order chi connectivity index (χ0) is 24.4. The van der Waals surface area contributed by atoms with E-state index in [1.165, 1.54) is 11.1 Å². The minimum atomic E-state index is -0.0263. The second kappa shape index (κ2) is 9.58. The zero-order valence-corrected chi connectivity index (χ0v) is 19.9. The number of H-pyrrole nitrogens is 1. The van der Waals surface area contributed by atoms with Crippen molar-refractivity contribution in [1.29, 1.82) is 0 Å². The lowest BCUT2D eigenvalue weighted by Crippen LogP contribution is -2.14. The van der Waals surface area contributed by atoms with Gasteiger partial charge < -0.3 is 14.8 Å². The summed E-state index contributed by atoms with van der Waals surface area (Å²) in [6, 6.07) is 20.0. The van der Waals surface area contributed by atoms with Crippen molar-refractivity contribution in [1.82, 2.24) is 20.6 Å². The fraction of sp³-hybridized carbons (Fsp3) is 0.259. The lowest BCUT2D eigenvalue weighted by Gasteiger charge is -2.13. The largest absolute Gasteiger partial charge is 0.493 e. The number of amides is 1. The predicted molar refractivity (Wildman–Crippen MR) is 133 cm³/mol. The molecule has 0 bridgehead atoms. The summed E-state index contributed by atoms with van der Waals surface area (Å²) >= 11 is 0. The first-order valence-electron chi connectivity index (χ1n) is 11.6. The third-order valence-electron chi connectivity index (χ3n) is 6.51. The Morgan fingerprint density at radius 3 is 2.49 bits per heavy atom. The second-order valence-electron chi connectivity index (χ2n) is 8.60. The van der Waals surface area contributed by atoms with Gasteiger partial charge in [-0.1, -0.05) is 43.3 Å². The van der Waals surface area contributed by atoms with Crippen LogP contribution in [-0.4, -0.2) is 40.8 Å². The van der Waals surface area contributed by atoms with Crippen LogP contribution in [0.4, 0.5) is 5.69 Å². The van der Waals surface area contributed by atoms with Gasteiger partial charge in [-0.15, -0.1) is 10.2 Å². The van der Waals surface area contributed by atoms with E-state index in [0.29, 0.717) is 23.0 Å². The van der Waals surface area contributed by atoms with E-state index in [0.717, 1.165) is 29.5 Å². The fourth-order valence-electron chi connectivity index (χ4n) is 4.43. The molecule has 2 atom stereocenters. The minimum Gasteiger partial charge on any atom is -0.493 e. The van der Waals surface area contributed by atoms with Crippen molar-refractivity contribution < 1.29 is 14.3 Å². The van der Waals surface area contributed by atoms with Gasteiger partial charge in [-0.05, 0) is 70.5 Å². The van der Waals surface area contributed by atoms with Crippen LogP contribution in [0.5, 0.6) is 11.5 Å². The highest BCUT2D eigenvalue weighted by Crippen LogP contribution is 2.48. The number of methoxy groups -OCH3 is 2. The quantitative estimate of drug-likeness (QED) is 0.382. The van der Waals surface area contributed by atoms with Crippen LogP contribution in [-0.2, 0) is 11.2 Å². The predicted octanol–water partition coefficient (Wildman–Crippen LogP) is 4.86. The number of aromatic amines is 1. The number of rotatable bonds is 8. The summed E-state index contributed by atoms with van der Waals surface area (Å²) in [6.45, 7) is 2.14. The van der Waals surface area contributed by atoms with Crippen molar-refractivity contribution in [3.8, 4) is 34.0 Å². The van der Waals surface area contributed by atoms with Crippen LogP contribution in [0.2, 0.25) is 0 Å². The van der Waals surface area contributed by atoms with E-state index in [-0.39, 0.29) is 17.7 Å². The Hall–Kier alpha value is -4.20. The highest BCUT2D eigenvalue weighted by Gasteiger charge is 2.43. The Kier molecular flexibility index (Phi) is 6.18. The Balaban J connectivity index is 1.39. The maximum Gasteiger partial charge on any atom is 0.228 e. The van der Waals surface area contributed by atoms with Crippen molar-refractivity contribution in [2.24, 2.45) is 5.92 Å². The van der Waals surface area contributed by atoms with Crippen molar-refractivity contribution in [3.63, 3.8) is 0 Å². The molecule has 1 aliphatic carbocycles. The maximum absolute atomic E-state index is 13.0. The molecule has 8 heteroatoms. The summed E-state index contributed by atoms with van der Waals surface area (Å²) in [6.07, 6.45) is 1.87. The van der Waals surface area contributed by atoms with Crippen LogP contribution in [0, 0.1) is 5.92 Å². The van der Waals surface area contributed by atoms with Crippen LogP contribution >= 0.6 is 0 Å². The number of nitrogens with one attached hydrogen (secondary N) is 2. The molecule has 0 aliphatic heterocycles. The number of tetrazole rings is 1. The molecule has 0 radical (unpaired) electrons. The monoisotopic (exact) mass is 469 g/mol. The molecule has 1 amide bonds. The Bertz CT molecular complexity index is 1340. The number of anilines is 1. The van der Waals surface area contributed by atoms with E-state index < -0.39 is 0 Å². The zero-order valence-electron chi connectivity index (χ0n) is 19.9. The van der Waals surface area contributed by atoms with E-state index in [9.17, 15) is 4.79 Å². The topological polar surface area (TPSA) is 102 Å². The molecule has 35 heavy (non-hydrogen) atoms. The van der Waals surface area contributed by atoms with Gasteiger partial charge in [0.2, 0.25) is 11.7 Å². The van der Waals surface area contributed by atoms with E-state index in [1.54, 1.807) is 14.2 Å². The third-order valence-corrected chi connectivity index (χ3v) is 6.51. The summed E-state index contributed by atoms with van der Waals surface area (Å²) in [5, 5.41) is 17.6. The maximum atomic E-state index is 13.0. The lowest BCUT2D eigenvalue weighted by atomic mass is 9.98. The van der Waals surface area contributed by atoms with Gasteiger partial charge in [0.05, 0.1) is 14.2 Å². The molecule has 1 aromatic heterocycles. The number of hydrogen-bond donors (Lipinski definition) is 2. The van der Waals surface area contributed by atoms with Crippen molar-refractivity contribution in [3.05, 3.63) is 71.8 Å². The normalized spacial score (nSPS) is 16.5. The number of carbonyl (C=O) groups excluding carboxylic acids is 1. The number of hydrogen-bond acceptors (Lipinski definition) is 6. The van der Waals surface area contributed by atoms with Gasteiger partial charge in [-0.3, -0.25) is 4.79 Å². The number of aromatic nitrogens is 4. The summed E-state index contributed by atoms with van der Waals surface area (Å²) in [5.74, 6) is 1.96. The minimum absolute atomic E-state index is 0.0208. The molecule has 2 N–H and O–H groups in total. The average molecular weight is 470 g/mol. The first-order valence-corrected chi connectivity index (χ1v) is 11.6. The Labute approximate surface area is 203 Å². The molecule has 1 heterocycles. The molecule has 0 saturated heterocycles. The summed E-state index contributed by atoms with van der Waals surface area (Å²) < 4.78 is 10.8. The van der Waals surface area contributed by atoms with Crippen molar-refractivity contribution >= 4 is 11.6 Å². The smallest absolute Gasteiger partial charge is 0.228 e. The van der Waals surface area contributed by atoms with Gasteiger partial charge in [0.1, 0.15) is 0 Å². The fourth-order valence-corrected chi connectivity index (χ4v) is 4.43. The van der Waals surface area contributed by atoms with E-state index in [1.807, 2.05) is 36.4 Å². The van der Waals surface area contributed by atoms with E-state index in [4.69, 9.17) is 9.47 Å². The van der Waals surface area contributed by atoms with Crippen molar-refractivity contribution in [2.75, 3.05) is 19.5 Å². The SMILES string of the molecule is CCc1ccc(C2CC2C(=O)Nc2ccc(-c3ccc(OC)c(OC)c3)c(-c3nn[nH]n3)c2)cc1. The second-order valence-corrected chi connectivity index (χ2v) is 8.60. The number of nitrogens with zero attached hydrogens (tertiary/aromatic N) is 3. The molecule has 2 unspecified atom stereocenters. The molecule has 3 aromatic carbocycles. The van der Waals surface area contributed by atoms with Crippen LogP contribution in [0.15, 0.2) is 60.7 Å². The number of benzene rings is 3. The molecule has 1 aliphatic rings. The number of ether oxygens (including phenoxy) is 2. The Morgan fingerprint density at radius 2 is 1.80 bits per heavy atom. The van der Waals surface area contributed by atoms with Crippen LogP contribution in [0.25, 0.3) is 22.5 Å². The third kappa shape index (κ3) is 4.59. The number of carbonyl (C=O) groups is 1. The molecule has 1 saturated carbocycles. The number of aryl methyl sites for hydroxylation is 1. The van der Waals surface area contributed by atoms with Crippen LogP contribution in [0.3, 0.4) is 0 Å². The van der Waals surface area contributed by atoms with Gasteiger partial charge in [0.25, 0.3) is 0 Å². The Morgan fingerprint density at radius 1 is 1.00 bits per heavy atom. The standard InChI is InChI=1S/C27H27N5O3/c1-4-16-5-7-17(8-6-16)21-15-23(21)27(33)28-19-10-11-20(22(14-19)26-29-31-32-30-26)18-9-12-24(34-2)25(13-18)35-3/h5-14,21,23H,4,15H2,1-3H3,(H,28,33)(H,29,30,31,32). The molecule has 1 fully saturated rings. The molecule has 4 aromatic rings. The highest BCUT2D eigenvalue weighted by atomic mass is 16.5. The first-order chi connectivity index (χ1) is 17.1. The van der Waals surface area contributed by atoms with Crippen molar-refractivity contribution in [2.45, 2.75) is 25.7 Å². The molecular weight excluding hydrogens is 442 g/mol. The van der Waals surface area contributed by atoms with Crippen LogP contribution < -0.4 is 14.8 Å². The summed E-state index contributed by atoms with van der Waals surface area (Å²) in [4.78, 5) is 13.0. The van der Waals surface area contributed by atoms with Gasteiger partial charge in [-0.25, -0.2) is 0 Å². The molecular formula is C27H27N5O3. The molecule has 0 spiro atoms. The average Bonchev–Trinajstić information content (AvgIpc) is 3.52. The highest BCUT2D eigenvalue weighted by molar-refractivity contribution is 5.96. The van der Waals surface area contributed by atoms with Gasteiger partial charge in [-0.2, -0.15) is 5.21 Å². The van der Waals surface area contributed by atoms with Gasteiger partial charge >= 0.3 is 0 Å². The molecule has 178 valence electrons. The van der Waals surface area contributed by atoms with E-state index >= 15 is 0 Å². The van der Waals surface area contributed by atoms with E-state index in [2.05, 4.69) is 57.1 Å². The van der Waals surface area contributed by atoms with Crippen LogP contribution in [0.1, 0.15) is 30.4 Å². The first kappa shape index (κ1) is 22.6. The summed E-state index contributed by atoms with van der Waals surface area (Å²) in [5.41, 5.74) is 5.73. The van der Waals surface area contributed by atoms with Gasteiger partial charge in [0, 0.05) is 17.2 Å².